The van der Waals surface area contributed by atoms with Crippen molar-refractivity contribution in [1.29, 1.82) is 0 Å². The quantitative estimate of drug-likeness (QED) is 0.548. The van der Waals surface area contributed by atoms with Crippen molar-refractivity contribution in [3.63, 3.8) is 0 Å². The number of nitrogens with two attached hydrogens (primary N) is 1. The van der Waals surface area contributed by atoms with E-state index in [-0.39, 0.29) is 5.75 Å². The van der Waals surface area contributed by atoms with Crippen molar-refractivity contribution >= 4 is 5.69 Å². The molecule has 0 bridgehead atoms. The van der Waals surface area contributed by atoms with E-state index in [0.29, 0.717) is 17.0 Å². The smallest absolute Gasteiger partial charge is 0.138 e. The fourth-order valence-corrected chi connectivity index (χ4v) is 5.62. The molecular weight excluding hydrogens is 246 g/mol. The van der Waals surface area contributed by atoms with Crippen molar-refractivity contribution in [3.8, 4) is 5.75 Å². The number of phenols is 1. The van der Waals surface area contributed by atoms with Gasteiger partial charge in [-0.15, -0.1) is 0 Å². The van der Waals surface area contributed by atoms with E-state index in [1.165, 1.54) is 49.7 Å². The second-order valence-electron chi connectivity index (χ2n) is 7.61. The van der Waals surface area contributed by atoms with Gasteiger partial charge in [0.1, 0.15) is 5.75 Å². The number of rotatable bonds is 0. The van der Waals surface area contributed by atoms with E-state index in [2.05, 4.69) is 13.0 Å². The van der Waals surface area contributed by atoms with Crippen LogP contribution in [0, 0.1) is 17.3 Å². The van der Waals surface area contributed by atoms with Gasteiger partial charge in [-0.2, -0.15) is 0 Å². The van der Waals surface area contributed by atoms with Gasteiger partial charge in [0, 0.05) is 0 Å². The van der Waals surface area contributed by atoms with Gasteiger partial charge in [-0.25, -0.2) is 0 Å². The molecule has 20 heavy (non-hydrogen) atoms. The molecule has 3 aliphatic carbocycles. The maximum atomic E-state index is 9.84. The van der Waals surface area contributed by atoms with Gasteiger partial charge in [0.05, 0.1) is 5.69 Å². The van der Waals surface area contributed by atoms with Crippen LogP contribution in [0.3, 0.4) is 0 Å². The molecule has 0 radical (unpaired) electrons. The summed E-state index contributed by atoms with van der Waals surface area (Å²) in [6.07, 6.45) is 9.41. The molecule has 4 rings (SSSR count). The zero-order chi connectivity index (χ0) is 13.9. The SMILES string of the molecule is C[C@@]12CCCC1C1CCc3cc(O)c(N)cc3C1CC2. The highest BCUT2D eigenvalue weighted by Crippen LogP contribution is 2.61. The largest absolute Gasteiger partial charge is 0.506 e. The van der Waals surface area contributed by atoms with E-state index < -0.39 is 0 Å². The number of anilines is 1. The van der Waals surface area contributed by atoms with Crippen LogP contribution < -0.4 is 5.73 Å². The first-order chi connectivity index (χ1) is 9.58. The van der Waals surface area contributed by atoms with E-state index in [1.54, 1.807) is 0 Å². The fraction of sp³-hybridized carbons (Fsp3) is 0.667. The molecule has 0 amide bonds. The van der Waals surface area contributed by atoms with Crippen LogP contribution in [-0.4, -0.2) is 5.11 Å². The molecule has 2 heteroatoms. The number of aromatic hydroxyl groups is 1. The van der Waals surface area contributed by atoms with Crippen molar-refractivity contribution in [3.05, 3.63) is 23.3 Å². The van der Waals surface area contributed by atoms with Crippen molar-refractivity contribution in [2.24, 2.45) is 17.3 Å². The average Bonchev–Trinajstić information content (AvgIpc) is 2.82. The maximum absolute atomic E-state index is 9.84. The number of fused-ring (bicyclic) bond motifs is 5. The van der Waals surface area contributed by atoms with Crippen LogP contribution in [0.15, 0.2) is 12.1 Å². The number of hydrogen-bond donors (Lipinski definition) is 2. The van der Waals surface area contributed by atoms with Crippen molar-refractivity contribution in [2.45, 2.75) is 57.8 Å². The van der Waals surface area contributed by atoms with Gasteiger partial charge in [0.25, 0.3) is 0 Å². The van der Waals surface area contributed by atoms with Gasteiger partial charge in [0.2, 0.25) is 0 Å². The average molecular weight is 271 g/mol. The van der Waals surface area contributed by atoms with Crippen LogP contribution in [0.2, 0.25) is 0 Å². The molecule has 0 aromatic heterocycles. The Morgan fingerprint density at radius 3 is 2.90 bits per heavy atom. The highest BCUT2D eigenvalue weighted by Gasteiger charge is 2.50. The third kappa shape index (κ3) is 1.63. The molecule has 3 unspecified atom stereocenters. The van der Waals surface area contributed by atoms with Crippen LogP contribution >= 0.6 is 0 Å². The number of phenolic OH excluding ortho intramolecular Hbond substituents is 1. The Kier molecular flexibility index (Phi) is 2.61. The molecule has 0 saturated heterocycles. The second-order valence-corrected chi connectivity index (χ2v) is 7.61. The lowest BCUT2D eigenvalue weighted by molar-refractivity contribution is 0.0598. The minimum atomic E-state index is 0.267. The summed E-state index contributed by atoms with van der Waals surface area (Å²) in [4.78, 5) is 0. The standard InChI is InChI=1S/C18H25NO/c1-18-7-2-3-15(18)13-5-4-11-9-17(20)16(19)10-14(11)12(13)6-8-18/h9-10,12-13,15,20H,2-8,19H2,1H3/t12?,13?,15?,18-/m0/s1. The fourth-order valence-electron chi connectivity index (χ4n) is 5.62. The molecule has 3 aliphatic rings. The Balaban J connectivity index is 1.74. The first kappa shape index (κ1) is 12.6. The van der Waals surface area contributed by atoms with E-state index in [4.69, 9.17) is 5.73 Å². The Hall–Kier alpha value is -1.18. The number of aryl methyl sites for hydroxylation is 1. The van der Waals surface area contributed by atoms with Gasteiger partial charge < -0.3 is 10.8 Å². The summed E-state index contributed by atoms with van der Waals surface area (Å²) in [6.45, 7) is 2.53. The molecule has 2 saturated carbocycles. The summed E-state index contributed by atoms with van der Waals surface area (Å²) in [5.41, 5.74) is 9.92. The normalized spacial score (nSPS) is 39.0. The Bertz CT molecular complexity index is 553. The molecule has 4 atom stereocenters. The number of hydrogen-bond acceptors (Lipinski definition) is 2. The van der Waals surface area contributed by atoms with Crippen LogP contribution in [-0.2, 0) is 6.42 Å². The molecule has 2 fully saturated rings. The maximum Gasteiger partial charge on any atom is 0.138 e. The van der Waals surface area contributed by atoms with Gasteiger partial charge >= 0.3 is 0 Å². The highest BCUT2D eigenvalue weighted by atomic mass is 16.3. The monoisotopic (exact) mass is 271 g/mol. The highest BCUT2D eigenvalue weighted by molar-refractivity contribution is 5.57. The topological polar surface area (TPSA) is 46.2 Å². The molecular formula is C18H25NO. The van der Waals surface area contributed by atoms with Crippen LogP contribution in [0.4, 0.5) is 5.69 Å². The number of nitrogen functional groups attached to an aromatic ring is 1. The van der Waals surface area contributed by atoms with Crippen LogP contribution in [0.5, 0.6) is 5.75 Å². The summed E-state index contributed by atoms with van der Waals surface area (Å²) >= 11 is 0. The third-order valence-electron chi connectivity index (χ3n) is 6.65. The zero-order valence-electron chi connectivity index (χ0n) is 12.4. The first-order valence-electron chi connectivity index (χ1n) is 8.20. The molecule has 3 N–H and O–H groups in total. The third-order valence-corrected chi connectivity index (χ3v) is 6.65. The lowest BCUT2D eigenvalue weighted by Crippen LogP contribution is -2.39. The molecule has 1 aromatic carbocycles. The number of benzene rings is 1. The molecule has 2 nitrogen and oxygen atoms in total. The van der Waals surface area contributed by atoms with E-state index in [9.17, 15) is 5.11 Å². The summed E-state index contributed by atoms with van der Waals surface area (Å²) in [5.74, 6) is 2.73. The van der Waals surface area contributed by atoms with Gasteiger partial charge in [-0.3, -0.25) is 0 Å². The summed E-state index contributed by atoms with van der Waals surface area (Å²) in [7, 11) is 0. The zero-order valence-corrected chi connectivity index (χ0v) is 12.4. The van der Waals surface area contributed by atoms with Crippen molar-refractivity contribution < 1.29 is 5.11 Å². The predicted molar refractivity (Wildman–Crippen MR) is 81.8 cm³/mol. The molecule has 0 aliphatic heterocycles. The van der Waals surface area contributed by atoms with Gasteiger partial charge in [-0.1, -0.05) is 13.3 Å². The van der Waals surface area contributed by atoms with Crippen molar-refractivity contribution in [1.82, 2.24) is 0 Å². The lowest BCUT2D eigenvalue weighted by Gasteiger charge is -2.49. The van der Waals surface area contributed by atoms with Gasteiger partial charge in [0.15, 0.2) is 0 Å². The minimum Gasteiger partial charge on any atom is -0.506 e. The minimum absolute atomic E-state index is 0.267. The van der Waals surface area contributed by atoms with Crippen molar-refractivity contribution in [2.75, 3.05) is 5.73 Å². The molecule has 1 aromatic rings. The van der Waals surface area contributed by atoms with E-state index >= 15 is 0 Å². The first-order valence-corrected chi connectivity index (χ1v) is 8.20. The Labute approximate surface area is 121 Å². The Morgan fingerprint density at radius 1 is 1.20 bits per heavy atom. The summed E-state index contributed by atoms with van der Waals surface area (Å²) in [5, 5.41) is 9.84. The van der Waals surface area contributed by atoms with E-state index in [0.717, 1.165) is 18.3 Å². The second kappa shape index (κ2) is 4.16. The molecule has 0 spiro atoms. The van der Waals surface area contributed by atoms with E-state index in [1.807, 2.05) is 6.07 Å². The molecule has 108 valence electrons. The van der Waals surface area contributed by atoms with Gasteiger partial charge in [-0.05, 0) is 85.0 Å². The molecule has 0 heterocycles. The Morgan fingerprint density at radius 2 is 2.05 bits per heavy atom. The summed E-state index contributed by atoms with van der Waals surface area (Å²) in [6, 6.07) is 3.99. The summed E-state index contributed by atoms with van der Waals surface area (Å²) < 4.78 is 0. The van der Waals surface area contributed by atoms with Crippen LogP contribution in [0.25, 0.3) is 0 Å². The lowest BCUT2D eigenvalue weighted by atomic mass is 9.56. The van der Waals surface area contributed by atoms with Crippen LogP contribution in [0.1, 0.15) is 62.5 Å². The predicted octanol–water partition coefficient (Wildman–Crippen LogP) is 4.22.